The Bertz CT molecular complexity index is 801. The van der Waals surface area contributed by atoms with E-state index in [1.807, 2.05) is 0 Å². The van der Waals surface area contributed by atoms with E-state index in [2.05, 4.69) is 72.3 Å². The van der Waals surface area contributed by atoms with Crippen molar-refractivity contribution in [3.05, 3.63) is 47.1 Å². The second-order valence-electron chi connectivity index (χ2n) is 9.16. The normalized spacial score (nSPS) is 16.1. The Morgan fingerprint density at radius 3 is 2.62 bits per heavy atom. The molecular formula is C23H34N4O2. The van der Waals surface area contributed by atoms with Gasteiger partial charge in [-0.2, -0.15) is 4.98 Å². The van der Waals surface area contributed by atoms with Crippen molar-refractivity contribution in [2.45, 2.75) is 77.8 Å². The average Bonchev–Trinajstić information content (AvgIpc) is 3.15. The van der Waals surface area contributed by atoms with Crippen LogP contribution in [0.4, 0.5) is 0 Å². The molecule has 0 spiro atoms. The third kappa shape index (κ3) is 6.39. The van der Waals surface area contributed by atoms with Crippen molar-refractivity contribution in [1.82, 2.24) is 20.4 Å². The predicted octanol–water partition coefficient (Wildman–Crippen LogP) is 3.78. The van der Waals surface area contributed by atoms with E-state index in [1.165, 1.54) is 11.1 Å². The largest absolute Gasteiger partial charge is 0.353 e. The Kier molecular flexibility index (Phi) is 7.06. The van der Waals surface area contributed by atoms with Crippen molar-refractivity contribution in [3.8, 4) is 0 Å². The van der Waals surface area contributed by atoms with Gasteiger partial charge in [0.2, 0.25) is 11.8 Å². The first-order valence-corrected chi connectivity index (χ1v) is 10.7. The van der Waals surface area contributed by atoms with E-state index < -0.39 is 0 Å². The summed E-state index contributed by atoms with van der Waals surface area (Å²) in [6, 6.07) is 8.85. The summed E-state index contributed by atoms with van der Waals surface area (Å²) in [5.41, 5.74) is 2.62. The molecule has 0 unspecified atom stereocenters. The van der Waals surface area contributed by atoms with E-state index in [-0.39, 0.29) is 17.4 Å². The lowest BCUT2D eigenvalue weighted by atomic mass is 9.96. The smallest absolute Gasteiger partial charge is 0.226 e. The Balaban J connectivity index is 1.34. The summed E-state index contributed by atoms with van der Waals surface area (Å²) >= 11 is 0. The number of likely N-dealkylation sites (tertiary alicyclic amines) is 1. The molecule has 0 atom stereocenters. The highest BCUT2D eigenvalue weighted by Crippen LogP contribution is 2.19. The first-order valence-electron chi connectivity index (χ1n) is 10.7. The van der Waals surface area contributed by atoms with Gasteiger partial charge in [-0.25, -0.2) is 0 Å². The van der Waals surface area contributed by atoms with E-state index in [4.69, 9.17) is 4.52 Å². The highest BCUT2D eigenvalue weighted by Gasteiger charge is 2.22. The zero-order chi connectivity index (χ0) is 20.9. The monoisotopic (exact) mass is 398 g/mol. The molecule has 2 heterocycles. The molecule has 1 saturated heterocycles. The lowest BCUT2D eigenvalue weighted by molar-refractivity contribution is -0.122. The second-order valence-corrected chi connectivity index (χ2v) is 9.16. The van der Waals surface area contributed by atoms with Crippen LogP contribution >= 0.6 is 0 Å². The molecule has 0 saturated carbocycles. The summed E-state index contributed by atoms with van der Waals surface area (Å²) in [6.07, 6.45) is 3.89. The number of carbonyl (C=O) groups excluding carboxylic acids is 1. The summed E-state index contributed by atoms with van der Waals surface area (Å²) in [4.78, 5) is 19.2. The van der Waals surface area contributed by atoms with Crippen molar-refractivity contribution in [2.24, 2.45) is 0 Å². The van der Waals surface area contributed by atoms with Crippen LogP contribution in [-0.4, -0.2) is 40.1 Å². The van der Waals surface area contributed by atoms with Crippen LogP contribution in [0.25, 0.3) is 0 Å². The number of aryl methyl sites for hydroxylation is 2. The van der Waals surface area contributed by atoms with E-state index in [0.29, 0.717) is 18.7 Å². The number of nitrogens with zero attached hydrogens (tertiary/aromatic N) is 3. The van der Waals surface area contributed by atoms with Crippen LogP contribution in [0, 0.1) is 6.92 Å². The molecule has 6 heteroatoms. The van der Waals surface area contributed by atoms with E-state index in [1.54, 1.807) is 0 Å². The number of hydrogen-bond donors (Lipinski definition) is 1. The SMILES string of the molecule is Cc1ccccc1CN1CCC(NC(=O)CCCc2nc(C(C)(C)C)no2)CC1. The van der Waals surface area contributed by atoms with Gasteiger partial charge in [-0.05, 0) is 37.3 Å². The molecule has 6 nitrogen and oxygen atoms in total. The maximum Gasteiger partial charge on any atom is 0.226 e. The van der Waals surface area contributed by atoms with Gasteiger partial charge in [0.25, 0.3) is 0 Å². The van der Waals surface area contributed by atoms with Crippen molar-refractivity contribution in [1.29, 1.82) is 0 Å². The Labute approximate surface area is 174 Å². The number of amides is 1. The number of aromatic nitrogens is 2. The highest BCUT2D eigenvalue weighted by atomic mass is 16.5. The average molecular weight is 399 g/mol. The highest BCUT2D eigenvalue weighted by molar-refractivity contribution is 5.76. The standard InChI is InChI=1S/C23H34N4O2/c1-17-8-5-6-9-18(17)16-27-14-12-19(13-15-27)24-20(28)10-7-11-21-25-22(26-29-21)23(2,3)4/h5-6,8-9,19H,7,10-16H2,1-4H3,(H,24,28). The molecule has 0 aliphatic carbocycles. The van der Waals surface area contributed by atoms with Gasteiger partial charge in [0, 0.05) is 43.9 Å². The van der Waals surface area contributed by atoms with Crippen LogP contribution in [0.15, 0.2) is 28.8 Å². The minimum atomic E-state index is -0.118. The second kappa shape index (κ2) is 9.53. The third-order valence-electron chi connectivity index (χ3n) is 5.54. The zero-order valence-corrected chi connectivity index (χ0v) is 18.2. The molecule has 1 fully saturated rings. The summed E-state index contributed by atoms with van der Waals surface area (Å²) in [5.74, 6) is 1.46. The predicted molar refractivity (Wildman–Crippen MR) is 114 cm³/mol. The Morgan fingerprint density at radius 2 is 1.97 bits per heavy atom. The van der Waals surface area contributed by atoms with Crippen molar-refractivity contribution in [2.75, 3.05) is 13.1 Å². The summed E-state index contributed by atoms with van der Waals surface area (Å²) in [6.45, 7) is 11.4. The molecule has 1 amide bonds. The molecule has 1 aliphatic heterocycles. The first-order chi connectivity index (χ1) is 13.8. The van der Waals surface area contributed by atoms with Crippen LogP contribution in [0.5, 0.6) is 0 Å². The Hall–Kier alpha value is -2.21. The fraction of sp³-hybridized carbons (Fsp3) is 0.609. The van der Waals surface area contributed by atoms with Crippen molar-refractivity contribution in [3.63, 3.8) is 0 Å². The van der Waals surface area contributed by atoms with Crippen LogP contribution < -0.4 is 5.32 Å². The van der Waals surface area contributed by atoms with Gasteiger partial charge in [-0.15, -0.1) is 0 Å². The number of hydrogen-bond acceptors (Lipinski definition) is 5. The number of piperidine rings is 1. The topological polar surface area (TPSA) is 71.3 Å². The molecule has 1 aromatic carbocycles. The summed E-state index contributed by atoms with van der Waals surface area (Å²) < 4.78 is 5.29. The van der Waals surface area contributed by atoms with E-state index in [0.717, 1.165) is 44.7 Å². The lowest BCUT2D eigenvalue weighted by Crippen LogP contribution is -2.44. The van der Waals surface area contributed by atoms with Gasteiger partial charge < -0.3 is 9.84 Å². The van der Waals surface area contributed by atoms with Gasteiger partial charge in [-0.3, -0.25) is 9.69 Å². The van der Waals surface area contributed by atoms with Crippen molar-refractivity contribution >= 4 is 5.91 Å². The van der Waals surface area contributed by atoms with Crippen LogP contribution in [0.1, 0.15) is 69.3 Å². The van der Waals surface area contributed by atoms with Crippen LogP contribution in [-0.2, 0) is 23.2 Å². The maximum absolute atomic E-state index is 12.3. The molecule has 29 heavy (non-hydrogen) atoms. The molecule has 158 valence electrons. The van der Waals surface area contributed by atoms with Gasteiger partial charge in [0.15, 0.2) is 5.82 Å². The molecule has 1 aromatic heterocycles. The number of rotatable bonds is 7. The number of benzene rings is 1. The summed E-state index contributed by atoms with van der Waals surface area (Å²) in [5, 5.41) is 7.23. The third-order valence-corrected chi connectivity index (χ3v) is 5.54. The van der Waals surface area contributed by atoms with Crippen molar-refractivity contribution < 1.29 is 9.32 Å². The number of nitrogens with one attached hydrogen (secondary N) is 1. The molecule has 1 aliphatic rings. The van der Waals surface area contributed by atoms with Gasteiger partial charge >= 0.3 is 0 Å². The quantitative estimate of drug-likeness (QED) is 0.768. The van der Waals surface area contributed by atoms with Gasteiger partial charge in [0.1, 0.15) is 0 Å². The maximum atomic E-state index is 12.3. The molecule has 0 bridgehead atoms. The zero-order valence-electron chi connectivity index (χ0n) is 18.2. The van der Waals surface area contributed by atoms with Crippen LogP contribution in [0.2, 0.25) is 0 Å². The van der Waals surface area contributed by atoms with E-state index >= 15 is 0 Å². The molecule has 0 radical (unpaired) electrons. The Morgan fingerprint density at radius 1 is 1.24 bits per heavy atom. The lowest BCUT2D eigenvalue weighted by Gasteiger charge is -2.32. The minimum Gasteiger partial charge on any atom is -0.353 e. The molecular weight excluding hydrogens is 364 g/mol. The van der Waals surface area contributed by atoms with E-state index in [9.17, 15) is 4.79 Å². The molecule has 1 N–H and O–H groups in total. The summed E-state index contributed by atoms with van der Waals surface area (Å²) in [7, 11) is 0. The minimum absolute atomic E-state index is 0.118. The molecule has 2 aromatic rings. The molecule has 3 rings (SSSR count). The first kappa shape index (κ1) is 21.5. The van der Waals surface area contributed by atoms with Gasteiger partial charge in [0.05, 0.1) is 0 Å². The fourth-order valence-electron chi connectivity index (χ4n) is 3.62. The number of carbonyl (C=O) groups is 1. The van der Waals surface area contributed by atoms with Gasteiger partial charge in [-0.1, -0.05) is 50.2 Å². The van der Waals surface area contributed by atoms with Crippen LogP contribution in [0.3, 0.4) is 0 Å². The fourth-order valence-corrected chi connectivity index (χ4v) is 3.62.